The maximum atomic E-state index is 12.5. The molecule has 0 atom stereocenters. The van der Waals surface area contributed by atoms with Crippen LogP contribution in [-0.2, 0) is 19.1 Å². The SMILES string of the molecule is CCOC(CN(CC1CCCCC1)C(=O)CCNC=O)OCC. The normalized spacial score (nSPS) is 15.6. The third-order valence-corrected chi connectivity index (χ3v) is 4.20. The summed E-state index contributed by atoms with van der Waals surface area (Å²) in [5.41, 5.74) is 0. The molecule has 0 aliphatic heterocycles. The summed E-state index contributed by atoms with van der Waals surface area (Å²) in [6.07, 6.45) is 6.73. The highest BCUT2D eigenvalue weighted by molar-refractivity contribution is 5.76. The van der Waals surface area contributed by atoms with Gasteiger partial charge in [0.2, 0.25) is 12.3 Å². The number of ether oxygens (including phenoxy) is 2. The van der Waals surface area contributed by atoms with Crippen LogP contribution in [0.15, 0.2) is 0 Å². The number of hydrogen-bond donors (Lipinski definition) is 1. The second-order valence-electron chi connectivity index (χ2n) is 5.96. The molecule has 0 heterocycles. The Balaban J connectivity index is 2.60. The third kappa shape index (κ3) is 8.32. The number of rotatable bonds is 12. The summed E-state index contributed by atoms with van der Waals surface area (Å²) >= 11 is 0. The van der Waals surface area contributed by atoms with E-state index in [1.165, 1.54) is 32.1 Å². The fraction of sp³-hybridized carbons (Fsp3) is 0.882. The smallest absolute Gasteiger partial charge is 0.224 e. The number of nitrogens with one attached hydrogen (secondary N) is 1. The van der Waals surface area contributed by atoms with Crippen LogP contribution in [0.2, 0.25) is 0 Å². The van der Waals surface area contributed by atoms with E-state index in [1.807, 2.05) is 18.7 Å². The summed E-state index contributed by atoms with van der Waals surface area (Å²) < 4.78 is 11.2. The van der Waals surface area contributed by atoms with Crippen LogP contribution >= 0.6 is 0 Å². The van der Waals surface area contributed by atoms with Crippen LogP contribution in [0.5, 0.6) is 0 Å². The molecule has 1 rings (SSSR count). The van der Waals surface area contributed by atoms with Gasteiger partial charge in [0.25, 0.3) is 0 Å². The van der Waals surface area contributed by atoms with Crippen molar-refractivity contribution in [2.24, 2.45) is 5.92 Å². The van der Waals surface area contributed by atoms with Gasteiger partial charge in [-0.15, -0.1) is 0 Å². The van der Waals surface area contributed by atoms with Crippen molar-refractivity contribution in [1.29, 1.82) is 0 Å². The van der Waals surface area contributed by atoms with E-state index < -0.39 is 0 Å². The number of carbonyl (C=O) groups is 2. The molecule has 1 aliphatic rings. The Morgan fingerprint density at radius 3 is 2.43 bits per heavy atom. The van der Waals surface area contributed by atoms with Crippen molar-refractivity contribution in [2.45, 2.75) is 58.7 Å². The summed E-state index contributed by atoms with van der Waals surface area (Å²) in [4.78, 5) is 24.7. The van der Waals surface area contributed by atoms with Gasteiger partial charge in [-0.25, -0.2) is 0 Å². The average molecular weight is 328 g/mol. The van der Waals surface area contributed by atoms with Crippen molar-refractivity contribution in [3.63, 3.8) is 0 Å². The van der Waals surface area contributed by atoms with Gasteiger partial charge in [-0.05, 0) is 32.6 Å². The van der Waals surface area contributed by atoms with Crippen LogP contribution in [0, 0.1) is 5.92 Å². The van der Waals surface area contributed by atoms with Gasteiger partial charge >= 0.3 is 0 Å². The summed E-state index contributed by atoms with van der Waals surface area (Å²) in [5.74, 6) is 0.616. The van der Waals surface area contributed by atoms with Gasteiger partial charge in [-0.1, -0.05) is 19.3 Å². The van der Waals surface area contributed by atoms with E-state index >= 15 is 0 Å². The minimum absolute atomic E-state index is 0.0503. The predicted molar refractivity (Wildman–Crippen MR) is 88.9 cm³/mol. The summed E-state index contributed by atoms with van der Waals surface area (Å²) in [6.45, 7) is 6.55. The summed E-state index contributed by atoms with van der Waals surface area (Å²) in [6, 6.07) is 0. The first-order valence-electron chi connectivity index (χ1n) is 8.89. The first-order valence-corrected chi connectivity index (χ1v) is 8.89. The van der Waals surface area contributed by atoms with Crippen molar-refractivity contribution < 1.29 is 19.1 Å². The lowest BCUT2D eigenvalue weighted by atomic mass is 9.89. The molecule has 0 saturated heterocycles. The highest BCUT2D eigenvalue weighted by atomic mass is 16.7. The van der Waals surface area contributed by atoms with E-state index in [9.17, 15) is 9.59 Å². The average Bonchev–Trinajstić information content (AvgIpc) is 2.56. The van der Waals surface area contributed by atoms with Gasteiger partial charge in [-0.2, -0.15) is 0 Å². The lowest BCUT2D eigenvalue weighted by molar-refractivity contribution is -0.160. The molecule has 1 aliphatic carbocycles. The molecule has 23 heavy (non-hydrogen) atoms. The first-order chi connectivity index (χ1) is 11.2. The van der Waals surface area contributed by atoms with Crippen LogP contribution in [0.4, 0.5) is 0 Å². The largest absolute Gasteiger partial charge is 0.358 e. The molecule has 6 nitrogen and oxygen atoms in total. The van der Waals surface area contributed by atoms with E-state index in [0.29, 0.717) is 45.1 Å². The van der Waals surface area contributed by atoms with Crippen LogP contribution in [0.3, 0.4) is 0 Å². The maximum absolute atomic E-state index is 12.5. The van der Waals surface area contributed by atoms with Crippen LogP contribution < -0.4 is 5.32 Å². The van der Waals surface area contributed by atoms with Crippen molar-refractivity contribution in [1.82, 2.24) is 10.2 Å². The molecule has 0 aromatic rings. The molecule has 1 saturated carbocycles. The second-order valence-corrected chi connectivity index (χ2v) is 5.96. The minimum atomic E-state index is -0.378. The topological polar surface area (TPSA) is 67.9 Å². The van der Waals surface area contributed by atoms with Gasteiger partial charge in [0.15, 0.2) is 6.29 Å². The van der Waals surface area contributed by atoms with E-state index in [1.54, 1.807) is 0 Å². The fourth-order valence-corrected chi connectivity index (χ4v) is 3.06. The molecule has 134 valence electrons. The molecule has 2 amide bonds. The molecule has 0 bridgehead atoms. The zero-order valence-electron chi connectivity index (χ0n) is 14.6. The Labute approximate surface area is 139 Å². The first kappa shape index (κ1) is 19.9. The van der Waals surface area contributed by atoms with Gasteiger partial charge in [0.05, 0.1) is 6.54 Å². The minimum Gasteiger partial charge on any atom is -0.358 e. The second kappa shape index (κ2) is 12.3. The third-order valence-electron chi connectivity index (χ3n) is 4.20. The van der Waals surface area contributed by atoms with Crippen LogP contribution in [-0.4, -0.2) is 56.4 Å². The molecule has 1 fully saturated rings. The molecular formula is C17H32N2O4. The van der Waals surface area contributed by atoms with E-state index in [0.717, 1.165) is 6.54 Å². The van der Waals surface area contributed by atoms with E-state index in [4.69, 9.17) is 9.47 Å². The van der Waals surface area contributed by atoms with E-state index in [2.05, 4.69) is 5.32 Å². The van der Waals surface area contributed by atoms with Crippen molar-refractivity contribution >= 4 is 12.3 Å². The van der Waals surface area contributed by atoms with Gasteiger partial charge in [0.1, 0.15) is 0 Å². The predicted octanol–water partition coefficient (Wildman–Crippen LogP) is 1.93. The quantitative estimate of drug-likeness (QED) is 0.338. The Bertz CT molecular complexity index is 327. The Kier molecular flexibility index (Phi) is 10.6. The zero-order valence-corrected chi connectivity index (χ0v) is 14.6. The molecular weight excluding hydrogens is 296 g/mol. The fourth-order valence-electron chi connectivity index (χ4n) is 3.06. The number of hydrogen-bond acceptors (Lipinski definition) is 4. The number of nitrogens with zero attached hydrogens (tertiary/aromatic N) is 1. The molecule has 0 radical (unpaired) electrons. The van der Waals surface area contributed by atoms with Crippen LogP contribution in [0.25, 0.3) is 0 Å². The highest BCUT2D eigenvalue weighted by Gasteiger charge is 2.23. The van der Waals surface area contributed by atoms with Crippen molar-refractivity contribution in [3.05, 3.63) is 0 Å². The highest BCUT2D eigenvalue weighted by Crippen LogP contribution is 2.24. The summed E-state index contributed by atoms with van der Waals surface area (Å²) in [7, 11) is 0. The van der Waals surface area contributed by atoms with Gasteiger partial charge < -0.3 is 19.7 Å². The molecule has 0 spiro atoms. The molecule has 1 N–H and O–H groups in total. The Morgan fingerprint density at radius 1 is 1.22 bits per heavy atom. The Hall–Kier alpha value is -1.14. The standard InChI is InChI=1S/C17H32N2O4/c1-3-22-17(23-4-2)13-19(16(21)10-11-18-14-20)12-15-8-6-5-7-9-15/h14-15,17H,3-13H2,1-2H3,(H,18,20). The summed E-state index contributed by atoms with van der Waals surface area (Å²) in [5, 5.41) is 2.55. The number of carbonyl (C=O) groups excluding carboxylic acids is 2. The zero-order chi connectivity index (χ0) is 16.9. The van der Waals surface area contributed by atoms with Gasteiger partial charge in [-0.3, -0.25) is 9.59 Å². The van der Waals surface area contributed by atoms with Crippen molar-refractivity contribution in [2.75, 3.05) is 32.8 Å². The van der Waals surface area contributed by atoms with Crippen LogP contribution in [0.1, 0.15) is 52.4 Å². The molecule has 0 aromatic carbocycles. The van der Waals surface area contributed by atoms with E-state index in [-0.39, 0.29) is 12.2 Å². The molecule has 0 unspecified atom stereocenters. The Morgan fingerprint density at radius 2 is 1.87 bits per heavy atom. The lowest BCUT2D eigenvalue weighted by Crippen LogP contribution is -2.43. The number of amides is 2. The lowest BCUT2D eigenvalue weighted by Gasteiger charge is -2.32. The molecule has 6 heteroatoms. The maximum Gasteiger partial charge on any atom is 0.224 e. The molecule has 0 aromatic heterocycles. The monoisotopic (exact) mass is 328 g/mol. The van der Waals surface area contributed by atoms with Gasteiger partial charge in [0, 0.05) is 32.7 Å². The van der Waals surface area contributed by atoms with Crippen molar-refractivity contribution in [3.8, 4) is 0 Å².